The summed E-state index contributed by atoms with van der Waals surface area (Å²) < 4.78 is 5.55. The Balaban J connectivity index is 3.25. The van der Waals surface area contributed by atoms with E-state index in [2.05, 4.69) is 0 Å². The smallest absolute Gasteiger partial charge is 0.311 e. The van der Waals surface area contributed by atoms with Crippen LogP contribution in [0.3, 0.4) is 0 Å². The molecule has 1 fully saturated rings. The highest BCUT2D eigenvalue weighted by molar-refractivity contribution is 5.87. The highest BCUT2D eigenvalue weighted by atomic mass is 16.5. The van der Waals surface area contributed by atoms with Crippen LogP contribution < -0.4 is 0 Å². The lowest BCUT2D eigenvalue weighted by Gasteiger charge is -2.33. The summed E-state index contributed by atoms with van der Waals surface area (Å²) in [5, 5.41) is 21.2. The predicted octanol–water partition coefficient (Wildman–Crippen LogP) is 2.39. The average Bonchev–Trinajstić information content (AvgIpc) is 2.66. The number of cyclic esters (lactones) is 1. The average molecular weight is 385 g/mol. The van der Waals surface area contributed by atoms with Crippen molar-refractivity contribution in [3.8, 4) is 0 Å². The highest BCUT2D eigenvalue weighted by Crippen LogP contribution is 2.29. The van der Waals surface area contributed by atoms with Crippen molar-refractivity contribution in [1.82, 2.24) is 0 Å². The van der Waals surface area contributed by atoms with Gasteiger partial charge in [0.05, 0.1) is 18.1 Å². The van der Waals surface area contributed by atoms with Gasteiger partial charge in [-0.1, -0.05) is 41.5 Å². The molecule has 0 aromatic rings. The van der Waals surface area contributed by atoms with E-state index in [-0.39, 0.29) is 17.5 Å². The summed E-state index contributed by atoms with van der Waals surface area (Å²) in [6.07, 6.45) is -1.84. The van der Waals surface area contributed by atoms with E-state index in [4.69, 9.17) is 4.74 Å². The maximum absolute atomic E-state index is 12.8. The van der Waals surface area contributed by atoms with E-state index in [0.717, 1.165) is 0 Å². The van der Waals surface area contributed by atoms with Gasteiger partial charge in [-0.25, -0.2) is 0 Å². The Morgan fingerprint density at radius 2 is 1.26 bits per heavy atom. The van der Waals surface area contributed by atoms with Gasteiger partial charge in [-0.05, 0) is 19.8 Å². The number of rotatable bonds is 1. The highest BCUT2D eigenvalue weighted by Gasteiger charge is 2.39. The number of carbonyl (C=O) groups is 3. The third-order valence-corrected chi connectivity index (χ3v) is 6.28. The Morgan fingerprint density at radius 1 is 0.815 bits per heavy atom. The molecule has 0 aliphatic carbocycles. The topological polar surface area (TPSA) is 101 Å². The lowest BCUT2D eigenvalue weighted by Crippen LogP contribution is -2.44. The van der Waals surface area contributed by atoms with Crippen molar-refractivity contribution >= 4 is 17.5 Å². The molecule has 156 valence electrons. The minimum Gasteiger partial charge on any atom is -0.462 e. The van der Waals surface area contributed by atoms with Crippen LogP contribution in [0.5, 0.6) is 0 Å². The molecule has 9 atom stereocenters. The molecule has 0 amide bonds. The molecule has 0 saturated carbocycles. The first-order chi connectivity index (χ1) is 12.4. The number of hydrogen-bond acceptors (Lipinski definition) is 6. The summed E-state index contributed by atoms with van der Waals surface area (Å²) in [7, 11) is 0. The van der Waals surface area contributed by atoms with Gasteiger partial charge >= 0.3 is 5.97 Å². The fraction of sp³-hybridized carbons (Fsp3) is 0.857. The first-order valence-corrected chi connectivity index (χ1v) is 10.1. The molecule has 6 heteroatoms. The summed E-state index contributed by atoms with van der Waals surface area (Å²) in [6.45, 7) is 12.0. The molecule has 0 spiro atoms. The van der Waals surface area contributed by atoms with Crippen LogP contribution in [0.4, 0.5) is 0 Å². The maximum atomic E-state index is 12.8. The van der Waals surface area contributed by atoms with Gasteiger partial charge in [-0.15, -0.1) is 0 Å². The molecule has 1 aliphatic heterocycles. The van der Waals surface area contributed by atoms with Crippen LogP contribution in [0.25, 0.3) is 0 Å². The van der Waals surface area contributed by atoms with Gasteiger partial charge in [0.1, 0.15) is 17.7 Å². The van der Waals surface area contributed by atoms with Gasteiger partial charge in [0, 0.05) is 29.6 Å². The number of ether oxygens (including phenoxy) is 1. The van der Waals surface area contributed by atoms with Gasteiger partial charge in [-0.3, -0.25) is 14.4 Å². The molecule has 2 N–H and O–H groups in total. The standard InChI is InChI=1S/C21H36O6/c1-8-16-12(4)19(24)13(5)17(22)10(2)9-11(3)18(23)14(6)20(25)15(7)21(26)27-16/h10-16,19-20,24-25H,8-9H2,1-7H3. The summed E-state index contributed by atoms with van der Waals surface area (Å²) in [5.74, 6) is -4.30. The summed E-state index contributed by atoms with van der Waals surface area (Å²) in [4.78, 5) is 37.9. The van der Waals surface area contributed by atoms with Crippen LogP contribution in [0.2, 0.25) is 0 Å². The Labute approximate surface area is 162 Å². The van der Waals surface area contributed by atoms with E-state index in [1.807, 2.05) is 6.92 Å². The van der Waals surface area contributed by atoms with Crippen molar-refractivity contribution in [3.05, 3.63) is 0 Å². The van der Waals surface area contributed by atoms with Crippen LogP contribution in [-0.2, 0) is 19.1 Å². The maximum Gasteiger partial charge on any atom is 0.311 e. The first kappa shape index (κ1) is 23.8. The fourth-order valence-electron chi connectivity index (χ4n) is 4.06. The minimum absolute atomic E-state index is 0.103. The number of aliphatic hydroxyl groups excluding tert-OH is 2. The predicted molar refractivity (Wildman–Crippen MR) is 102 cm³/mol. The van der Waals surface area contributed by atoms with Crippen molar-refractivity contribution in [3.63, 3.8) is 0 Å². The number of aliphatic hydroxyl groups is 2. The summed E-state index contributed by atoms with van der Waals surface area (Å²) in [5.41, 5.74) is 0. The SMILES string of the molecule is CCC1OC(=O)C(C)C(O)C(C)C(=O)C(C)CC(C)C(=O)C(C)C(O)C1C. The molecule has 0 aromatic carbocycles. The van der Waals surface area contributed by atoms with Crippen molar-refractivity contribution in [2.75, 3.05) is 0 Å². The molecular formula is C21H36O6. The molecule has 0 aromatic heterocycles. The van der Waals surface area contributed by atoms with Crippen molar-refractivity contribution < 1.29 is 29.3 Å². The van der Waals surface area contributed by atoms with E-state index in [1.54, 1.807) is 41.5 Å². The van der Waals surface area contributed by atoms with Crippen molar-refractivity contribution in [2.24, 2.45) is 35.5 Å². The third-order valence-electron chi connectivity index (χ3n) is 6.28. The zero-order valence-corrected chi connectivity index (χ0v) is 17.6. The zero-order valence-electron chi connectivity index (χ0n) is 17.6. The van der Waals surface area contributed by atoms with Crippen molar-refractivity contribution in [1.29, 1.82) is 0 Å². The Bertz CT molecular complexity index is 545. The number of ketones is 2. The largest absolute Gasteiger partial charge is 0.462 e. The van der Waals surface area contributed by atoms with E-state index < -0.39 is 53.9 Å². The normalized spacial score (nSPS) is 43.1. The lowest BCUT2D eigenvalue weighted by molar-refractivity contribution is -0.165. The lowest BCUT2D eigenvalue weighted by atomic mass is 9.77. The summed E-state index contributed by atoms with van der Waals surface area (Å²) in [6, 6.07) is 0. The van der Waals surface area contributed by atoms with Crippen LogP contribution in [0, 0.1) is 35.5 Å². The second-order valence-corrected chi connectivity index (χ2v) is 8.43. The van der Waals surface area contributed by atoms with Gasteiger partial charge in [-0.2, -0.15) is 0 Å². The van der Waals surface area contributed by atoms with E-state index in [0.29, 0.717) is 12.8 Å². The van der Waals surface area contributed by atoms with Crippen LogP contribution >= 0.6 is 0 Å². The Hall–Kier alpha value is -1.27. The monoisotopic (exact) mass is 384 g/mol. The molecule has 1 aliphatic rings. The van der Waals surface area contributed by atoms with Crippen LogP contribution in [-0.4, -0.2) is 46.1 Å². The van der Waals surface area contributed by atoms with Gasteiger partial charge in [0.15, 0.2) is 0 Å². The van der Waals surface area contributed by atoms with E-state index >= 15 is 0 Å². The zero-order chi connectivity index (χ0) is 21.0. The number of hydrogen-bond donors (Lipinski definition) is 2. The molecular weight excluding hydrogens is 348 g/mol. The Kier molecular flexibility index (Phi) is 8.61. The second-order valence-electron chi connectivity index (χ2n) is 8.43. The molecule has 1 heterocycles. The molecule has 0 radical (unpaired) electrons. The van der Waals surface area contributed by atoms with Gasteiger partial charge < -0.3 is 14.9 Å². The summed E-state index contributed by atoms with van der Waals surface area (Å²) >= 11 is 0. The molecule has 27 heavy (non-hydrogen) atoms. The molecule has 0 bridgehead atoms. The molecule has 6 nitrogen and oxygen atoms in total. The third kappa shape index (κ3) is 5.38. The van der Waals surface area contributed by atoms with Crippen molar-refractivity contribution in [2.45, 2.75) is 79.6 Å². The Morgan fingerprint density at radius 3 is 1.70 bits per heavy atom. The molecule has 1 rings (SSSR count). The van der Waals surface area contributed by atoms with Crippen LogP contribution in [0.15, 0.2) is 0 Å². The van der Waals surface area contributed by atoms with Crippen LogP contribution in [0.1, 0.15) is 61.3 Å². The van der Waals surface area contributed by atoms with Gasteiger partial charge in [0.25, 0.3) is 0 Å². The molecule has 9 unspecified atom stereocenters. The molecule has 1 saturated heterocycles. The number of esters is 1. The first-order valence-electron chi connectivity index (χ1n) is 10.1. The van der Waals surface area contributed by atoms with Gasteiger partial charge in [0.2, 0.25) is 0 Å². The quantitative estimate of drug-likeness (QED) is 0.673. The van der Waals surface area contributed by atoms with E-state index in [1.165, 1.54) is 0 Å². The number of carbonyl (C=O) groups excluding carboxylic acids is 3. The fourth-order valence-corrected chi connectivity index (χ4v) is 4.06. The minimum atomic E-state index is -1.15. The second kappa shape index (κ2) is 9.78. The number of Topliss-reactive ketones (excluding diaryl/α,β-unsaturated/α-hetero) is 2. The van der Waals surface area contributed by atoms with E-state index in [9.17, 15) is 24.6 Å².